The van der Waals surface area contributed by atoms with E-state index in [2.05, 4.69) is 71.7 Å². The fraction of sp³-hybridized carbons (Fsp3) is 0.189. The van der Waals surface area contributed by atoms with E-state index in [0.717, 1.165) is 76.6 Å². The standard InChI is InChI=1S/C35H30BrN7O2.C2H6/c36-28-19-25(22-44)32(45)20-31(28)42-17-15-41(16-18-42)21-23-8-10-26(11-9-23)43-34(27-7-4-14-38-33(27)37)40-30-13-12-29(39-35(30)43)24-5-2-1-3-6-24;1-2/h1-14,19-20,22,45H,15-18,21H2,(H2,37,38);1-2H3. The Bertz CT molecular complexity index is 2000. The number of halogens is 1. The summed E-state index contributed by atoms with van der Waals surface area (Å²) in [5.41, 5.74) is 13.8. The number of aromatic hydroxyl groups is 1. The molecular formula is C37H36BrN7O2. The van der Waals surface area contributed by atoms with E-state index in [0.29, 0.717) is 17.9 Å². The number of hydrogen-bond acceptors (Lipinski definition) is 8. The fourth-order valence-electron chi connectivity index (χ4n) is 5.82. The van der Waals surface area contributed by atoms with Gasteiger partial charge in [-0.1, -0.05) is 56.3 Å². The zero-order chi connectivity index (χ0) is 32.9. The molecule has 9 nitrogen and oxygen atoms in total. The van der Waals surface area contributed by atoms with Crippen LogP contribution in [0.3, 0.4) is 0 Å². The van der Waals surface area contributed by atoms with Crippen LogP contribution in [-0.2, 0) is 6.54 Å². The normalized spacial score (nSPS) is 13.3. The van der Waals surface area contributed by atoms with Gasteiger partial charge in [0.25, 0.3) is 0 Å². The van der Waals surface area contributed by atoms with Crippen molar-refractivity contribution in [2.75, 3.05) is 36.8 Å². The van der Waals surface area contributed by atoms with Gasteiger partial charge in [0.1, 0.15) is 17.1 Å². The predicted molar refractivity (Wildman–Crippen MR) is 192 cm³/mol. The monoisotopic (exact) mass is 689 g/mol. The minimum Gasteiger partial charge on any atom is -0.507 e. The number of hydrogen-bond donors (Lipinski definition) is 2. The van der Waals surface area contributed by atoms with E-state index in [1.54, 1.807) is 18.3 Å². The third-order valence-corrected chi connectivity index (χ3v) is 8.83. The average molecular weight is 691 g/mol. The second-order valence-corrected chi connectivity index (χ2v) is 11.9. The van der Waals surface area contributed by atoms with Crippen molar-refractivity contribution in [1.29, 1.82) is 0 Å². The molecule has 0 aliphatic carbocycles. The molecular weight excluding hydrogens is 654 g/mol. The van der Waals surface area contributed by atoms with Gasteiger partial charge in [-0.05, 0) is 64.0 Å². The Kier molecular flexibility index (Phi) is 9.60. The summed E-state index contributed by atoms with van der Waals surface area (Å²) in [6, 6.07) is 29.7. The van der Waals surface area contributed by atoms with Crippen molar-refractivity contribution in [3.05, 3.63) is 113 Å². The highest BCUT2D eigenvalue weighted by molar-refractivity contribution is 9.10. The molecule has 3 aromatic heterocycles. The molecule has 0 spiro atoms. The van der Waals surface area contributed by atoms with Gasteiger partial charge in [0.15, 0.2) is 17.8 Å². The topological polar surface area (TPSA) is 113 Å². The summed E-state index contributed by atoms with van der Waals surface area (Å²) in [5.74, 6) is 1.10. The van der Waals surface area contributed by atoms with Gasteiger partial charge in [0.05, 0.1) is 22.5 Å². The summed E-state index contributed by atoms with van der Waals surface area (Å²) in [6.07, 6.45) is 2.34. The van der Waals surface area contributed by atoms with Gasteiger partial charge in [-0.15, -0.1) is 0 Å². The van der Waals surface area contributed by atoms with E-state index in [4.69, 9.17) is 15.7 Å². The number of aldehydes is 1. The molecule has 7 rings (SSSR count). The molecule has 47 heavy (non-hydrogen) atoms. The van der Waals surface area contributed by atoms with Gasteiger partial charge in [0, 0.05) is 60.7 Å². The number of anilines is 2. The number of carbonyl (C=O) groups is 1. The van der Waals surface area contributed by atoms with Crippen LogP contribution in [0.1, 0.15) is 29.8 Å². The summed E-state index contributed by atoms with van der Waals surface area (Å²) in [5, 5.41) is 10.2. The van der Waals surface area contributed by atoms with Crippen LogP contribution in [0.5, 0.6) is 5.75 Å². The number of nitrogen functional groups attached to an aromatic ring is 1. The van der Waals surface area contributed by atoms with Crippen molar-refractivity contribution >= 4 is 44.9 Å². The summed E-state index contributed by atoms with van der Waals surface area (Å²) < 4.78 is 2.86. The number of imidazole rings is 1. The molecule has 4 heterocycles. The van der Waals surface area contributed by atoms with E-state index in [1.165, 1.54) is 5.56 Å². The smallest absolute Gasteiger partial charge is 0.165 e. The summed E-state index contributed by atoms with van der Waals surface area (Å²) in [6.45, 7) is 8.17. The molecule has 1 aliphatic heterocycles. The van der Waals surface area contributed by atoms with Crippen LogP contribution in [-0.4, -0.2) is 62.0 Å². The Labute approximate surface area is 282 Å². The third kappa shape index (κ3) is 6.61. The van der Waals surface area contributed by atoms with Crippen molar-refractivity contribution in [2.24, 2.45) is 0 Å². The average Bonchev–Trinajstić information content (AvgIpc) is 3.50. The molecule has 6 aromatic rings. The van der Waals surface area contributed by atoms with Gasteiger partial charge in [-0.2, -0.15) is 0 Å². The lowest BCUT2D eigenvalue weighted by Gasteiger charge is -2.36. The van der Waals surface area contributed by atoms with Gasteiger partial charge >= 0.3 is 0 Å². The Morgan fingerprint density at radius 2 is 1.64 bits per heavy atom. The molecule has 0 amide bonds. The number of benzene rings is 3. The van der Waals surface area contributed by atoms with E-state index >= 15 is 0 Å². The van der Waals surface area contributed by atoms with Crippen molar-refractivity contribution in [2.45, 2.75) is 20.4 Å². The summed E-state index contributed by atoms with van der Waals surface area (Å²) in [7, 11) is 0. The maximum atomic E-state index is 11.2. The molecule has 0 atom stereocenters. The highest BCUT2D eigenvalue weighted by Gasteiger charge is 2.22. The maximum absolute atomic E-state index is 11.2. The van der Waals surface area contributed by atoms with Gasteiger partial charge in [-0.25, -0.2) is 15.0 Å². The zero-order valence-electron chi connectivity index (χ0n) is 26.3. The highest BCUT2D eigenvalue weighted by atomic mass is 79.9. The van der Waals surface area contributed by atoms with Crippen LogP contribution in [0.4, 0.5) is 11.5 Å². The Balaban J connectivity index is 0.00000190. The molecule has 1 fully saturated rings. The zero-order valence-corrected chi connectivity index (χ0v) is 27.9. The number of pyridine rings is 2. The Morgan fingerprint density at radius 1 is 0.894 bits per heavy atom. The fourth-order valence-corrected chi connectivity index (χ4v) is 6.43. The minimum atomic E-state index is -0.00255. The number of aromatic nitrogens is 4. The molecule has 238 valence electrons. The minimum absolute atomic E-state index is 0.00255. The molecule has 3 aromatic carbocycles. The number of phenolic OH excluding ortho intramolecular Hbond substituents is 1. The number of nitrogens with zero attached hydrogens (tertiary/aromatic N) is 6. The first-order valence-corrected chi connectivity index (χ1v) is 16.5. The maximum Gasteiger partial charge on any atom is 0.165 e. The third-order valence-electron chi connectivity index (χ3n) is 8.19. The lowest BCUT2D eigenvalue weighted by Crippen LogP contribution is -2.46. The van der Waals surface area contributed by atoms with Crippen molar-refractivity contribution in [3.8, 4) is 34.1 Å². The largest absolute Gasteiger partial charge is 0.507 e. The van der Waals surface area contributed by atoms with Crippen molar-refractivity contribution in [3.63, 3.8) is 0 Å². The first-order valence-electron chi connectivity index (χ1n) is 15.7. The van der Waals surface area contributed by atoms with Crippen LogP contribution in [0.2, 0.25) is 0 Å². The molecule has 3 N–H and O–H groups in total. The highest BCUT2D eigenvalue weighted by Crippen LogP contribution is 2.34. The van der Waals surface area contributed by atoms with E-state index in [-0.39, 0.29) is 11.3 Å². The van der Waals surface area contributed by atoms with Gasteiger partial charge in [-0.3, -0.25) is 14.3 Å². The van der Waals surface area contributed by atoms with Crippen LogP contribution in [0.25, 0.3) is 39.5 Å². The second kappa shape index (κ2) is 14.1. The lowest BCUT2D eigenvalue weighted by atomic mass is 10.1. The van der Waals surface area contributed by atoms with Crippen LogP contribution in [0.15, 0.2) is 102 Å². The van der Waals surface area contributed by atoms with E-state index in [9.17, 15) is 9.90 Å². The molecule has 1 aliphatic rings. The second-order valence-electron chi connectivity index (χ2n) is 11.0. The van der Waals surface area contributed by atoms with E-state index < -0.39 is 0 Å². The molecule has 0 bridgehead atoms. The first-order chi connectivity index (χ1) is 23.0. The lowest BCUT2D eigenvalue weighted by molar-refractivity contribution is 0.112. The molecule has 10 heteroatoms. The number of fused-ring (bicyclic) bond motifs is 1. The Hall–Kier alpha value is -5.06. The van der Waals surface area contributed by atoms with Crippen LogP contribution in [0, 0.1) is 0 Å². The number of phenols is 1. The number of nitrogens with two attached hydrogens (primary N) is 1. The SMILES string of the molecule is CC.Nc1ncccc1-c1nc2ccc(-c3ccccc3)nc2n1-c1ccc(CN2CCN(c3cc(O)c(C=O)cc3Br)CC2)cc1. The number of piperazine rings is 1. The first kappa shape index (κ1) is 31.9. The summed E-state index contributed by atoms with van der Waals surface area (Å²) >= 11 is 3.56. The predicted octanol–water partition coefficient (Wildman–Crippen LogP) is 7.36. The van der Waals surface area contributed by atoms with Crippen LogP contribution >= 0.6 is 15.9 Å². The summed E-state index contributed by atoms with van der Waals surface area (Å²) in [4.78, 5) is 30.1. The van der Waals surface area contributed by atoms with Crippen molar-refractivity contribution < 1.29 is 9.90 Å². The molecule has 0 unspecified atom stereocenters. The quantitative estimate of drug-likeness (QED) is 0.167. The molecule has 0 saturated carbocycles. The molecule has 1 saturated heterocycles. The van der Waals surface area contributed by atoms with Gasteiger partial charge in [0.2, 0.25) is 0 Å². The van der Waals surface area contributed by atoms with Gasteiger partial charge < -0.3 is 15.7 Å². The molecule has 0 radical (unpaired) electrons. The van der Waals surface area contributed by atoms with Crippen molar-refractivity contribution in [1.82, 2.24) is 24.4 Å². The number of carbonyl (C=O) groups excluding carboxylic acids is 1. The number of rotatable bonds is 7. The van der Waals surface area contributed by atoms with E-state index in [1.807, 2.05) is 56.3 Å². The Morgan fingerprint density at radius 3 is 2.34 bits per heavy atom. The van der Waals surface area contributed by atoms with Crippen LogP contribution < -0.4 is 10.6 Å².